The number of nitrogens with zero attached hydrogens (tertiary/aromatic N) is 2. The van der Waals surface area contributed by atoms with Crippen LogP contribution in [0.2, 0.25) is 0 Å². The van der Waals surface area contributed by atoms with Crippen LogP contribution >= 0.6 is 0 Å². The lowest BCUT2D eigenvalue weighted by atomic mass is 10.2. The topological polar surface area (TPSA) is 88.0 Å². The summed E-state index contributed by atoms with van der Waals surface area (Å²) in [4.78, 5) is 26.3. The van der Waals surface area contributed by atoms with Crippen LogP contribution in [-0.4, -0.2) is 26.1 Å². The van der Waals surface area contributed by atoms with Gasteiger partial charge in [-0.25, -0.2) is 4.98 Å². The molecule has 0 radical (unpaired) electrons. The van der Waals surface area contributed by atoms with Gasteiger partial charge in [-0.05, 0) is 18.9 Å². The second kappa shape index (κ2) is 5.31. The maximum atomic E-state index is 10.9. The summed E-state index contributed by atoms with van der Waals surface area (Å²) < 4.78 is 2.17. The van der Waals surface area contributed by atoms with Gasteiger partial charge in [0.15, 0.2) is 0 Å². The molecule has 0 spiro atoms. The Bertz CT molecular complexity index is 564. The minimum Gasteiger partial charge on any atom is -0.483 e. The van der Waals surface area contributed by atoms with Crippen molar-refractivity contribution in [2.24, 2.45) is 0 Å². The first kappa shape index (κ1) is 12.1. The largest absolute Gasteiger partial charge is 0.483 e. The van der Waals surface area contributed by atoms with E-state index in [1.54, 1.807) is 18.5 Å². The van der Waals surface area contributed by atoms with Gasteiger partial charge >= 0.3 is 0 Å². The first-order valence-electron chi connectivity index (χ1n) is 5.56. The number of carboxylic acid groups (broad SMARTS) is 1. The first-order chi connectivity index (χ1) is 8.76. The summed E-state index contributed by atoms with van der Waals surface area (Å²) in [6, 6.07) is 3.94. The molecule has 2 heterocycles. The van der Waals surface area contributed by atoms with E-state index < -0.39 is 0 Å². The van der Waals surface area contributed by atoms with Crippen molar-refractivity contribution in [3.05, 3.63) is 41.1 Å². The number of H-pyrrole nitrogens is 1. The van der Waals surface area contributed by atoms with Crippen LogP contribution in [0, 0.1) is 0 Å². The predicted octanol–water partition coefficient (Wildman–Crippen LogP) is 1.27. The molecule has 1 saturated carbocycles. The molecule has 2 N–H and O–H groups in total. The highest BCUT2D eigenvalue weighted by molar-refractivity contribution is 5.54. The molecule has 0 aliphatic heterocycles. The number of rotatable bonds is 2. The average Bonchev–Trinajstić information content (AvgIpc) is 3.10. The summed E-state index contributed by atoms with van der Waals surface area (Å²) in [7, 11) is 0. The van der Waals surface area contributed by atoms with Crippen molar-refractivity contribution in [3.63, 3.8) is 0 Å². The van der Waals surface area contributed by atoms with Crippen LogP contribution in [0.1, 0.15) is 18.9 Å². The molecule has 1 aliphatic rings. The maximum Gasteiger partial charge on any atom is 0.290 e. The number of aromatic nitrogens is 3. The Labute approximate surface area is 103 Å². The van der Waals surface area contributed by atoms with Crippen molar-refractivity contribution >= 4 is 6.47 Å². The lowest BCUT2D eigenvalue weighted by Crippen LogP contribution is -2.03. The van der Waals surface area contributed by atoms with E-state index in [2.05, 4.69) is 14.5 Å². The fourth-order valence-electron chi connectivity index (χ4n) is 1.73. The van der Waals surface area contributed by atoms with Gasteiger partial charge in [-0.3, -0.25) is 9.59 Å². The van der Waals surface area contributed by atoms with E-state index in [1.807, 2.05) is 6.20 Å². The Balaban J connectivity index is 0.000000367. The monoisotopic (exact) mass is 247 g/mol. The van der Waals surface area contributed by atoms with Crippen molar-refractivity contribution < 1.29 is 9.90 Å². The molecular formula is C12H13N3O3. The van der Waals surface area contributed by atoms with Crippen molar-refractivity contribution in [1.29, 1.82) is 0 Å². The average molecular weight is 247 g/mol. The third-order valence-corrected chi connectivity index (χ3v) is 2.65. The maximum absolute atomic E-state index is 10.9. The van der Waals surface area contributed by atoms with Crippen molar-refractivity contribution in [3.8, 4) is 11.4 Å². The first-order valence-corrected chi connectivity index (χ1v) is 5.56. The molecule has 3 rings (SSSR count). The Morgan fingerprint density at radius 3 is 2.72 bits per heavy atom. The Morgan fingerprint density at radius 2 is 2.17 bits per heavy atom. The molecule has 0 bridgehead atoms. The molecule has 1 fully saturated rings. The molecule has 2 aromatic heterocycles. The van der Waals surface area contributed by atoms with Gasteiger partial charge in [0.1, 0.15) is 5.82 Å². The summed E-state index contributed by atoms with van der Waals surface area (Å²) in [6.45, 7) is -0.250. The predicted molar refractivity (Wildman–Crippen MR) is 65.2 cm³/mol. The van der Waals surface area contributed by atoms with E-state index in [9.17, 15) is 4.79 Å². The van der Waals surface area contributed by atoms with Crippen molar-refractivity contribution in [1.82, 2.24) is 14.5 Å². The van der Waals surface area contributed by atoms with Gasteiger partial charge in [-0.15, -0.1) is 0 Å². The number of hydrogen-bond acceptors (Lipinski definition) is 3. The van der Waals surface area contributed by atoms with Gasteiger partial charge in [-0.2, -0.15) is 0 Å². The minimum absolute atomic E-state index is 0.0803. The Kier molecular flexibility index (Phi) is 3.57. The molecule has 6 nitrogen and oxygen atoms in total. The second-order valence-electron chi connectivity index (χ2n) is 3.94. The van der Waals surface area contributed by atoms with E-state index >= 15 is 0 Å². The van der Waals surface area contributed by atoms with E-state index in [4.69, 9.17) is 9.90 Å². The summed E-state index contributed by atoms with van der Waals surface area (Å²) in [5.74, 6) is 0.939. The lowest BCUT2D eigenvalue weighted by Gasteiger charge is -2.04. The summed E-state index contributed by atoms with van der Waals surface area (Å²) in [6.07, 6.45) is 7.97. The summed E-state index contributed by atoms with van der Waals surface area (Å²) in [5, 5.41) is 6.89. The van der Waals surface area contributed by atoms with Crippen LogP contribution in [0.4, 0.5) is 0 Å². The van der Waals surface area contributed by atoms with E-state index in [1.165, 1.54) is 18.9 Å². The van der Waals surface area contributed by atoms with E-state index in [0.717, 1.165) is 11.4 Å². The molecule has 0 unspecified atom stereocenters. The normalized spacial score (nSPS) is 13.6. The van der Waals surface area contributed by atoms with Crippen LogP contribution in [0.5, 0.6) is 0 Å². The third-order valence-electron chi connectivity index (χ3n) is 2.65. The smallest absolute Gasteiger partial charge is 0.290 e. The Morgan fingerprint density at radius 1 is 1.44 bits per heavy atom. The number of carbonyl (C=O) groups is 1. The lowest BCUT2D eigenvalue weighted by molar-refractivity contribution is -0.122. The van der Waals surface area contributed by atoms with Gasteiger partial charge in [0.2, 0.25) is 5.56 Å². The number of imidazole rings is 1. The summed E-state index contributed by atoms with van der Waals surface area (Å²) >= 11 is 0. The fourth-order valence-corrected chi connectivity index (χ4v) is 1.73. The van der Waals surface area contributed by atoms with Gasteiger partial charge in [0.05, 0.1) is 0 Å². The number of hydrogen-bond donors (Lipinski definition) is 2. The molecular weight excluding hydrogens is 234 g/mol. The van der Waals surface area contributed by atoms with Gasteiger partial charge in [0.25, 0.3) is 6.47 Å². The zero-order valence-corrected chi connectivity index (χ0v) is 9.61. The zero-order valence-electron chi connectivity index (χ0n) is 9.61. The van der Waals surface area contributed by atoms with Crippen LogP contribution in [0.3, 0.4) is 0 Å². The van der Waals surface area contributed by atoms with E-state index in [0.29, 0.717) is 6.04 Å². The minimum atomic E-state index is -0.250. The molecule has 1 aliphatic carbocycles. The van der Waals surface area contributed by atoms with Crippen LogP contribution in [-0.2, 0) is 4.79 Å². The quantitative estimate of drug-likeness (QED) is 0.782. The summed E-state index contributed by atoms with van der Waals surface area (Å²) in [5.41, 5.74) is 0.884. The van der Waals surface area contributed by atoms with Crippen molar-refractivity contribution in [2.75, 3.05) is 0 Å². The van der Waals surface area contributed by atoms with Gasteiger partial charge in [0, 0.05) is 36.3 Å². The molecule has 94 valence electrons. The van der Waals surface area contributed by atoms with Crippen LogP contribution < -0.4 is 5.56 Å². The highest BCUT2D eigenvalue weighted by Gasteiger charge is 2.25. The zero-order chi connectivity index (χ0) is 13.0. The molecule has 0 atom stereocenters. The number of aromatic amines is 1. The number of nitrogens with one attached hydrogen (secondary N) is 1. The fraction of sp³-hybridized carbons (Fsp3) is 0.250. The van der Waals surface area contributed by atoms with Crippen LogP contribution in [0.15, 0.2) is 35.5 Å². The molecule has 0 saturated heterocycles. The molecule has 0 aromatic carbocycles. The Hall–Kier alpha value is -2.37. The highest BCUT2D eigenvalue weighted by Crippen LogP contribution is 2.37. The standard InChI is InChI=1S/C11H11N3O.CH2O2/c15-10-4-1-8(7-13-10)11-12-5-6-14(11)9-2-3-9;2-1-3/h1,4-7,9H,2-3H2,(H,13,15);1H,(H,2,3). The van der Waals surface area contributed by atoms with Crippen molar-refractivity contribution in [2.45, 2.75) is 18.9 Å². The van der Waals surface area contributed by atoms with Gasteiger partial charge < -0.3 is 14.7 Å². The SMILES string of the molecule is O=CO.O=c1ccc(-c2nccn2C2CC2)c[nH]1. The van der Waals surface area contributed by atoms with Crippen LogP contribution in [0.25, 0.3) is 11.4 Å². The second-order valence-corrected chi connectivity index (χ2v) is 3.94. The number of pyridine rings is 1. The third kappa shape index (κ3) is 2.65. The van der Waals surface area contributed by atoms with E-state index in [-0.39, 0.29) is 12.0 Å². The highest BCUT2D eigenvalue weighted by atomic mass is 16.3. The molecule has 2 aromatic rings. The van der Waals surface area contributed by atoms with Gasteiger partial charge in [-0.1, -0.05) is 0 Å². The molecule has 6 heteroatoms. The molecule has 18 heavy (non-hydrogen) atoms. The molecule has 0 amide bonds.